The first-order chi connectivity index (χ1) is 8.36. The van der Waals surface area contributed by atoms with Gasteiger partial charge in [-0.25, -0.2) is 0 Å². The third kappa shape index (κ3) is 1.82. The average molecular weight is 223 g/mol. The lowest BCUT2D eigenvalue weighted by Gasteiger charge is -2.02. The average Bonchev–Trinajstić information content (AvgIpc) is 2.87. The summed E-state index contributed by atoms with van der Waals surface area (Å²) in [6, 6.07) is 14.7. The molecule has 0 spiro atoms. The molecule has 2 heteroatoms. The lowest BCUT2D eigenvalue weighted by atomic mass is 10.0. The van der Waals surface area contributed by atoms with Crippen LogP contribution >= 0.6 is 0 Å². The van der Waals surface area contributed by atoms with Crippen LogP contribution in [0.4, 0.5) is 0 Å². The molecule has 84 valence electrons. The van der Waals surface area contributed by atoms with Crippen LogP contribution in [-0.4, -0.2) is 11.8 Å². The number of rotatable bonds is 2. The fraction of sp³-hybridized carbons (Fsp3) is 0.133. The van der Waals surface area contributed by atoms with Gasteiger partial charge in [0, 0.05) is 12.0 Å². The van der Waals surface area contributed by atoms with Gasteiger partial charge in [-0.15, -0.1) is 0 Å². The van der Waals surface area contributed by atoms with E-state index in [4.69, 9.17) is 4.84 Å². The third-order valence-corrected chi connectivity index (χ3v) is 3.04. The molecule has 3 rings (SSSR count). The normalized spacial score (nSPS) is 18.8. The highest BCUT2D eigenvalue weighted by molar-refractivity contribution is 6.04. The number of benzene rings is 2. The second-order valence-corrected chi connectivity index (χ2v) is 4.18. The predicted octanol–water partition coefficient (Wildman–Crippen LogP) is 3.52. The fourth-order valence-electron chi connectivity index (χ4n) is 2.06. The fourth-order valence-corrected chi connectivity index (χ4v) is 2.06. The third-order valence-electron chi connectivity index (χ3n) is 3.04. The van der Waals surface area contributed by atoms with Crippen LogP contribution in [0.3, 0.4) is 0 Å². The molecule has 17 heavy (non-hydrogen) atoms. The summed E-state index contributed by atoms with van der Waals surface area (Å²) < 4.78 is 0. The predicted molar refractivity (Wildman–Crippen MR) is 70.2 cm³/mol. The minimum absolute atomic E-state index is 0.0245. The lowest BCUT2D eigenvalue weighted by molar-refractivity contribution is 0.120. The molecule has 0 aliphatic carbocycles. The van der Waals surface area contributed by atoms with Crippen LogP contribution < -0.4 is 0 Å². The van der Waals surface area contributed by atoms with Crippen molar-refractivity contribution in [3.63, 3.8) is 0 Å². The molecule has 0 bridgehead atoms. The molecule has 0 radical (unpaired) electrons. The number of hydrogen-bond acceptors (Lipinski definition) is 2. The first-order valence-electron chi connectivity index (χ1n) is 5.71. The molecule has 0 fully saturated rings. The van der Waals surface area contributed by atoms with Crippen molar-refractivity contribution in [1.82, 2.24) is 0 Å². The molecule has 1 aliphatic heterocycles. The van der Waals surface area contributed by atoms with E-state index in [0.29, 0.717) is 0 Å². The van der Waals surface area contributed by atoms with Crippen LogP contribution in [0.1, 0.15) is 12.0 Å². The van der Waals surface area contributed by atoms with Gasteiger partial charge in [-0.05, 0) is 22.9 Å². The van der Waals surface area contributed by atoms with Crippen molar-refractivity contribution in [2.75, 3.05) is 0 Å². The summed E-state index contributed by atoms with van der Waals surface area (Å²) in [5.74, 6) is 0. The minimum Gasteiger partial charge on any atom is -0.388 e. The van der Waals surface area contributed by atoms with E-state index in [9.17, 15) is 0 Å². The standard InChI is InChI=1S/C15H13NO/c1-2-14-10-15(16-17-14)13-8-7-11-5-3-4-6-12(11)9-13/h2-9,14H,1,10H2. The highest BCUT2D eigenvalue weighted by Crippen LogP contribution is 2.21. The Morgan fingerprint density at radius 3 is 2.76 bits per heavy atom. The van der Waals surface area contributed by atoms with Gasteiger partial charge in [0.25, 0.3) is 0 Å². The Morgan fingerprint density at radius 1 is 1.18 bits per heavy atom. The molecule has 2 nitrogen and oxygen atoms in total. The molecule has 1 unspecified atom stereocenters. The minimum atomic E-state index is 0.0245. The summed E-state index contributed by atoms with van der Waals surface area (Å²) in [4.78, 5) is 5.25. The zero-order valence-corrected chi connectivity index (χ0v) is 9.47. The SMILES string of the molecule is C=CC1CC(c2ccc3ccccc3c2)=NO1. The quantitative estimate of drug-likeness (QED) is 0.714. The van der Waals surface area contributed by atoms with Gasteiger partial charge in [0.05, 0.1) is 5.71 Å². The first-order valence-corrected chi connectivity index (χ1v) is 5.71. The van der Waals surface area contributed by atoms with Crippen LogP contribution in [0.15, 0.2) is 60.3 Å². The maximum absolute atomic E-state index is 5.25. The molecule has 2 aromatic carbocycles. The van der Waals surface area contributed by atoms with Gasteiger partial charge in [-0.3, -0.25) is 0 Å². The number of fused-ring (bicyclic) bond motifs is 1. The van der Waals surface area contributed by atoms with E-state index in [1.54, 1.807) is 6.08 Å². The summed E-state index contributed by atoms with van der Waals surface area (Å²) in [5.41, 5.74) is 2.13. The van der Waals surface area contributed by atoms with E-state index in [-0.39, 0.29) is 6.10 Å². The van der Waals surface area contributed by atoms with Crippen molar-refractivity contribution in [2.45, 2.75) is 12.5 Å². The highest BCUT2D eigenvalue weighted by Gasteiger charge is 2.19. The Morgan fingerprint density at radius 2 is 2.00 bits per heavy atom. The summed E-state index contributed by atoms with van der Waals surface area (Å²) in [6.07, 6.45) is 2.62. The van der Waals surface area contributed by atoms with Crippen molar-refractivity contribution in [3.8, 4) is 0 Å². The Labute approximate surface area is 100 Å². The van der Waals surface area contributed by atoms with Gasteiger partial charge in [-0.2, -0.15) is 0 Å². The largest absolute Gasteiger partial charge is 0.388 e. The van der Waals surface area contributed by atoms with Gasteiger partial charge in [0.1, 0.15) is 0 Å². The topological polar surface area (TPSA) is 21.6 Å². The van der Waals surface area contributed by atoms with Crippen molar-refractivity contribution in [2.24, 2.45) is 5.16 Å². The molecular formula is C15H13NO. The summed E-state index contributed by atoms with van der Waals surface area (Å²) in [7, 11) is 0. The molecule has 0 aromatic heterocycles. The lowest BCUT2D eigenvalue weighted by Crippen LogP contribution is -2.04. The number of hydrogen-bond donors (Lipinski definition) is 0. The van der Waals surface area contributed by atoms with Gasteiger partial charge < -0.3 is 4.84 Å². The van der Waals surface area contributed by atoms with Crippen LogP contribution in [0.25, 0.3) is 10.8 Å². The van der Waals surface area contributed by atoms with Crippen LogP contribution in [0.2, 0.25) is 0 Å². The first kappa shape index (κ1) is 10.1. The van der Waals surface area contributed by atoms with Gasteiger partial charge in [0.15, 0.2) is 6.10 Å². The molecule has 1 heterocycles. The molecule has 0 amide bonds. The molecule has 0 N–H and O–H groups in total. The van der Waals surface area contributed by atoms with E-state index >= 15 is 0 Å². The Bertz CT molecular complexity index is 601. The van der Waals surface area contributed by atoms with Crippen molar-refractivity contribution in [1.29, 1.82) is 0 Å². The Kier molecular flexibility index (Phi) is 2.41. The molecule has 1 atom stereocenters. The van der Waals surface area contributed by atoms with Crippen molar-refractivity contribution >= 4 is 16.5 Å². The van der Waals surface area contributed by atoms with Crippen LogP contribution in [0, 0.1) is 0 Å². The molecule has 2 aromatic rings. The van der Waals surface area contributed by atoms with Crippen LogP contribution in [-0.2, 0) is 4.84 Å². The second-order valence-electron chi connectivity index (χ2n) is 4.18. The summed E-state index contributed by atoms with van der Waals surface area (Å²) in [6.45, 7) is 3.72. The molecule has 0 saturated carbocycles. The zero-order valence-electron chi connectivity index (χ0n) is 9.47. The molecule has 0 saturated heterocycles. The number of nitrogens with zero attached hydrogens (tertiary/aromatic N) is 1. The van der Waals surface area contributed by atoms with Crippen LogP contribution in [0.5, 0.6) is 0 Å². The molecular weight excluding hydrogens is 210 g/mol. The Hall–Kier alpha value is -2.09. The van der Waals surface area contributed by atoms with E-state index in [1.165, 1.54) is 10.8 Å². The molecule has 1 aliphatic rings. The van der Waals surface area contributed by atoms with Gasteiger partial charge in [0.2, 0.25) is 0 Å². The maximum atomic E-state index is 5.25. The van der Waals surface area contributed by atoms with Gasteiger partial charge in [-0.1, -0.05) is 48.1 Å². The van der Waals surface area contributed by atoms with E-state index in [0.717, 1.165) is 17.7 Å². The summed E-state index contributed by atoms with van der Waals surface area (Å²) in [5, 5.41) is 6.59. The smallest absolute Gasteiger partial charge is 0.151 e. The van der Waals surface area contributed by atoms with E-state index < -0.39 is 0 Å². The van der Waals surface area contributed by atoms with Crippen molar-refractivity contribution < 1.29 is 4.84 Å². The number of oxime groups is 1. The van der Waals surface area contributed by atoms with E-state index in [2.05, 4.69) is 42.1 Å². The summed E-state index contributed by atoms with van der Waals surface area (Å²) >= 11 is 0. The maximum Gasteiger partial charge on any atom is 0.151 e. The monoisotopic (exact) mass is 223 g/mol. The zero-order chi connectivity index (χ0) is 11.7. The highest BCUT2D eigenvalue weighted by atomic mass is 16.6. The second kappa shape index (κ2) is 4.06. The Balaban J connectivity index is 1.99. The van der Waals surface area contributed by atoms with E-state index in [1.807, 2.05) is 12.1 Å². The van der Waals surface area contributed by atoms with Crippen molar-refractivity contribution in [3.05, 3.63) is 60.7 Å². The van der Waals surface area contributed by atoms with Gasteiger partial charge >= 0.3 is 0 Å².